The average molecular weight is 245 g/mol. The predicted molar refractivity (Wildman–Crippen MR) is 67.7 cm³/mol. The van der Waals surface area contributed by atoms with Crippen molar-refractivity contribution >= 4 is 23.3 Å². The smallest absolute Gasteiger partial charge is 0.170 e. The van der Waals surface area contributed by atoms with Crippen LogP contribution < -0.4 is 5.32 Å². The van der Waals surface area contributed by atoms with Gasteiger partial charge in [-0.1, -0.05) is 25.6 Å². The molecule has 3 nitrogen and oxygen atoms in total. The molecule has 0 amide bonds. The van der Waals surface area contributed by atoms with Crippen LogP contribution in [0.25, 0.3) is 0 Å². The zero-order chi connectivity index (χ0) is 11.1. The standard InChI is InChI=1S/C10H19N3S2/c1-4-5-11-6-8(2)7-14-10-12-9(3)13-15-10/h8,11H,4-7H2,1-3H3. The normalized spacial score (nSPS) is 13.0. The van der Waals surface area contributed by atoms with Gasteiger partial charge in [-0.3, -0.25) is 0 Å². The average Bonchev–Trinajstić information content (AvgIpc) is 2.62. The summed E-state index contributed by atoms with van der Waals surface area (Å²) < 4.78 is 5.26. The molecule has 0 aliphatic carbocycles. The molecular weight excluding hydrogens is 226 g/mol. The number of hydrogen-bond acceptors (Lipinski definition) is 5. The fourth-order valence-electron chi connectivity index (χ4n) is 1.13. The van der Waals surface area contributed by atoms with E-state index in [2.05, 4.69) is 28.5 Å². The van der Waals surface area contributed by atoms with Gasteiger partial charge in [-0.15, -0.1) is 0 Å². The monoisotopic (exact) mass is 245 g/mol. The van der Waals surface area contributed by atoms with E-state index in [1.807, 2.05) is 18.7 Å². The van der Waals surface area contributed by atoms with E-state index in [0.29, 0.717) is 5.92 Å². The van der Waals surface area contributed by atoms with E-state index >= 15 is 0 Å². The highest BCUT2D eigenvalue weighted by Gasteiger charge is 2.05. The Morgan fingerprint density at radius 2 is 2.33 bits per heavy atom. The van der Waals surface area contributed by atoms with Crippen molar-refractivity contribution < 1.29 is 0 Å². The SMILES string of the molecule is CCCNCC(C)CSc1nc(C)ns1. The Hall–Kier alpha value is -0.130. The van der Waals surface area contributed by atoms with Gasteiger partial charge in [0, 0.05) is 5.75 Å². The van der Waals surface area contributed by atoms with Gasteiger partial charge in [0.15, 0.2) is 4.34 Å². The number of nitrogens with zero attached hydrogens (tertiary/aromatic N) is 2. The highest BCUT2D eigenvalue weighted by molar-refractivity contribution is 8.00. The molecule has 0 fully saturated rings. The number of hydrogen-bond donors (Lipinski definition) is 1. The summed E-state index contributed by atoms with van der Waals surface area (Å²) in [6, 6.07) is 0. The second-order valence-electron chi connectivity index (χ2n) is 3.73. The maximum Gasteiger partial charge on any atom is 0.170 e. The molecule has 1 atom stereocenters. The first-order valence-electron chi connectivity index (χ1n) is 5.36. The van der Waals surface area contributed by atoms with Gasteiger partial charge in [0.1, 0.15) is 5.82 Å². The maximum absolute atomic E-state index is 4.33. The molecule has 0 spiro atoms. The third-order valence-corrected chi connectivity index (χ3v) is 4.17. The Balaban J connectivity index is 2.13. The predicted octanol–water partition coefficient (Wildman–Crippen LogP) is 2.57. The van der Waals surface area contributed by atoms with Crippen LogP contribution in [0.3, 0.4) is 0 Å². The summed E-state index contributed by atoms with van der Waals surface area (Å²) in [6.45, 7) is 8.61. The highest BCUT2D eigenvalue weighted by atomic mass is 32.2. The molecule has 0 aliphatic heterocycles. The Morgan fingerprint density at radius 3 is 2.93 bits per heavy atom. The summed E-state index contributed by atoms with van der Waals surface area (Å²) in [4.78, 5) is 4.33. The van der Waals surface area contributed by atoms with E-state index in [9.17, 15) is 0 Å². The minimum atomic E-state index is 0.686. The quantitative estimate of drug-likeness (QED) is 0.592. The largest absolute Gasteiger partial charge is 0.316 e. The van der Waals surface area contributed by atoms with E-state index in [0.717, 1.165) is 29.0 Å². The van der Waals surface area contributed by atoms with Crippen molar-refractivity contribution in [2.24, 2.45) is 5.92 Å². The van der Waals surface area contributed by atoms with E-state index < -0.39 is 0 Å². The van der Waals surface area contributed by atoms with Crippen molar-refractivity contribution in [3.8, 4) is 0 Å². The number of nitrogens with one attached hydrogen (secondary N) is 1. The molecule has 0 saturated heterocycles. The Morgan fingerprint density at radius 1 is 1.53 bits per heavy atom. The minimum Gasteiger partial charge on any atom is -0.316 e. The summed E-state index contributed by atoms with van der Waals surface area (Å²) in [5.74, 6) is 2.69. The summed E-state index contributed by atoms with van der Waals surface area (Å²) in [6.07, 6.45) is 1.20. The molecule has 1 aromatic rings. The third kappa shape index (κ3) is 5.49. The van der Waals surface area contributed by atoms with E-state index in [-0.39, 0.29) is 0 Å². The molecule has 5 heteroatoms. The molecule has 1 aromatic heterocycles. The van der Waals surface area contributed by atoms with E-state index in [1.54, 1.807) is 0 Å². The summed E-state index contributed by atoms with van der Waals surface area (Å²) in [7, 11) is 0. The highest BCUT2D eigenvalue weighted by Crippen LogP contribution is 2.21. The Kier molecular flexibility index (Phi) is 6.20. The molecule has 15 heavy (non-hydrogen) atoms. The van der Waals surface area contributed by atoms with Gasteiger partial charge >= 0.3 is 0 Å². The second-order valence-corrected chi connectivity index (χ2v) is 5.75. The lowest BCUT2D eigenvalue weighted by molar-refractivity contribution is 0.557. The zero-order valence-electron chi connectivity index (χ0n) is 9.62. The summed E-state index contributed by atoms with van der Waals surface area (Å²) in [5.41, 5.74) is 0. The van der Waals surface area contributed by atoms with Gasteiger partial charge in [0.05, 0.1) is 0 Å². The van der Waals surface area contributed by atoms with Crippen molar-refractivity contribution in [2.75, 3.05) is 18.8 Å². The molecule has 86 valence electrons. The van der Waals surface area contributed by atoms with Crippen molar-refractivity contribution in [3.05, 3.63) is 5.82 Å². The molecule has 0 aliphatic rings. The van der Waals surface area contributed by atoms with Crippen molar-refractivity contribution in [3.63, 3.8) is 0 Å². The van der Waals surface area contributed by atoms with Crippen LogP contribution in [0.4, 0.5) is 0 Å². The van der Waals surface area contributed by atoms with Gasteiger partial charge in [-0.2, -0.15) is 4.37 Å². The van der Waals surface area contributed by atoms with Crippen LogP contribution in [-0.4, -0.2) is 28.2 Å². The fourth-order valence-corrected chi connectivity index (χ4v) is 2.83. The molecule has 1 rings (SSSR count). The lowest BCUT2D eigenvalue weighted by Crippen LogP contribution is -2.23. The lowest BCUT2D eigenvalue weighted by Gasteiger charge is -2.10. The van der Waals surface area contributed by atoms with Gasteiger partial charge in [-0.25, -0.2) is 4.98 Å². The maximum atomic E-state index is 4.33. The molecule has 1 unspecified atom stereocenters. The topological polar surface area (TPSA) is 37.8 Å². The first-order valence-corrected chi connectivity index (χ1v) is 7.12. The van der Waals surface area contributed by atoms with Crippen molar-refractivity contribution in [1.29, 1.82) is 0 Å². The zero-order valence-corrected chi connectivity index (χ0v) is 11.2. The molecular formula is C10H19N3S2. The number of rotatable bonds is 7. The molecule has 0 radical (unpaired) electrons. The molecule has 1 heterocycles. The number of thioether (sulfide) groups is 1. The van der Waals surface area contributed by atoms with Gasteiger partial charge in [0.25, 0.3) is 0 Å². The van der Waals surface area contributed by atoms with E-state index in [4.69, 9.17) is 0 Å². The van der Waals surface area contributed by atoms with E-state index in [1.165, 1.54) is 18.0 Å². The van der Waals surface area contributed by atoms with Crippen LogP contribution in [0.5, 0.6) is 0 Å². The van der Waals surface area contributed by atoms with Crippen LogP contribution >= 0.6 is 23.3 Å². The van der Waals surface area contributed by atoms with Crippen molar-refractivity contribution in [1.82, 2.24) is 14.7 Å². The molecule has 0 aromatic carbocycles. The first kappa shape index (κ1) is 12.9. The lowest BCUT2D eigenvalue weighted by atomic mass is 10.2. The van der Waals surface area contributed by atoms with Gasteiger partial charge in [-0.05, 0) is 43.9 Å². The summed E-state index contributed by atoms with van der Waals surface area (Å²) in [5, 5.41) is 3.43. The molecule has 0 bridgehead atoms. The third-order valence-electron chi connectivity index (χ3n) is 1.92. The van der Waals surface area contributed by atoms with Crippen LogP contribution in [0.15, 0.2) is 4.34 Å². The number of aromatic nitrogens is 2. The number of aryl methyl sites for hydroxylation is 1. The molecule has 1 N–H and O–H groups in total. The van der Waals surface area contributed by atoms with Crippen molar-refractivity contribution in [2.45, 2.75) is 31.5 Å². The fraction of sp³-hybridized carbons (Fsp3) is 0.800. The van der Waals surface area contributed by atoms with Crippen LogP contribution in [0, 0.1) is 12.8 Å². The van der Waals surface area contributed by atoms with Crippen LogP contribution in [0.2, 0.25) is 0 Å². The van der Waals surface area contributed by atoms with Crippen LogP contribution in [0.1, 0.15) is 26.1 Å². The Labute approximate surface area is 100 Å². The van der Waals surface area contributed by atoms with Gasteiger partial charge in [0.2, 0.25) is 0 Å². The van der Waals surface area contributed by atoms with Crippen LogP contribution in [-0.2, 0) is 0 Å². The minimum absolute atomic E-state index is 0.686. The molecule has 0 saturated carbocycles. The Bertz CT molecular complexity index is 275. The second kappa shape index (κ2) is 7.19. The van der Waals surface area contributed by atoms with Gasteiger partial charge < -0.3 is 5.32 Å². The summed E-state index contributed by atoms with van der Waals surface area (Å²) >= 11 is 3.31. The first-order chi connectivity index (χ1) is 7.22.